The average Bonchev–Trinajstić information content (AvgIpc) is 2.67. The van der Waals surface area contributed by atoms with Crippen molar-refractivity contribution in [2.75, 3.05) is 13.7 Å². The lowest BCUT2D eigenvalue weighted by atomic mass is 10.1. The van der Waals surface area contributed by atoms with E-state index in [1.54, 1.807) is 18.0 Å². The van der Waals surface area contributed by atoms with Crippen LogP contribution in [0.4, 0.5) is 0 Å². The van der Waals surface area contributed by atoms with Crippen molar-refractivity contribution in [3.8, 4) is 0 Å². The Bertz CT molecular complexity index is 465. The van der Waals surface area contributed by atoms with E-state index in [0.29, 0.717) is 0 Å². The smallest absolute Gasteiger partial charge is 0.104 e. The van der Waals surface area contributed by atoms with Crippen molar-refractivity contribution in [1.82, 2.24) is 4.73 Å². The summed E-state index contributed by atoms with van der Waals surface area (Å²) >= 11 is 0. The van der Waals surface area contributed by atoms with Crippen molar-refractivity contribution in [3.63, 3.8) is 0 Å². The Balaban J connectivity index is 2.65. The number of nitrogens with zero attached hydrogens (tertiary/aromatic N) is 1. The Morgan fingerprint density at radius 3 is 2.87 bits per heavy atom. The molecule has 0 fully saturated rings. The zero-order valence-electron chi connectivity index (χ0n) is 8.55. The molecule has 4 nitrogen and oxygen atoms in total. The highest BCUT2D eigenvalue weighted by molar-refractivity contribution is 5.84. The summed E-state index contributed by atoms with van der Waals surface area (Å²) in [6, 6.07) is 7.73. The van der Waals surface area contributed by atoms with Gasteiger partial charge in [0.25, 0.3) is 0 Å². The van der Waals surface area contributed by atoms with Gasteiger partial charge in [0.2, 0.25) is 0 Å². The van der Waals surface area contributed by atoms with Crippen molar-refractivity contribution < 1.29 is 9.94 Å². The van der Waals surface area contributed by atoms with Gasteiger partial charge in [0.05, 0.1) is 17.8 Å². The quantitative estimate of drug-likeness (QED) is 0.776. The van der Waals surface area contributed by atoms with Crippen LogP contribution in [-0.4, -0.2) is 23.5 Å². The zero-order chi connectivity index (χ0) is 10.8. The first kappa shape index (κ1) is 10.0. The molecule has 0 aliphatic rings. The second-order valence-corrected chi connectivity index (χ2v) is 3.36. The van der Waals surface area contributed by atoms with E-state index < -0.39 is 6.10 Å². The molecule has 0 aliphatic carbocycles. The number of hydrogen-bond acceptors (Lipinski definition) is 3. The van der Waals surface area contributed by atoms with Crippen LogP contribution in [0.3, 0.4) is 0 Å². The molecule has 0 bridgehead atoms. The van der Waals surface area contributed by atoms with E-state index in [1.165, 1.54) is 0 Å². The topological polar surface area (TPSA) is 60.4 Å². The van der Waals surface area contributed by atoms with E-state index in [2.05, 4.69) is 0 Å². The summed E-state index contributed by atoms with van der Waals surface area (Å²) in [5, 5.41) is 10.7. The molecule has 0 amide bonds. The van der Waals surface area contributed by atoms with Crippen LogP contribution in [0.1, 0.15) is 11.7 Å². The molecule has 15 heavy (non-hydrogen) atoms. The summed E-state index contributed by atoms with van der Waals surface area (Å²) in [4.78, 5) is 5.17. The molecule has 3 N–H and O–H groups in total. The molecule has 1 aromatic carbocycles. The molecular formula is C11H14N2O2. The summed E-state index contributed by atoms with van der Waals surface area (Å²) in [5.41, 5.74) is 7.18. The highest BCUT2D eigenvalue weighted by Crippen LogP contribution is 2.25. The first-order valence-electron chi connectivity index (χ1n) is 4.80. The molecule has 1 heterocycles. The fraction of sp³-hybridized carbons (Fsp3) is 0.273. The normalized spacial score (nSPS) is 13.0. The fourth-order valence-electron chi connectivity index (χ4n) is 1.72. The molecule has 0 radical (unpaired) electrons. The van der Waals surface area contributed by atoms with E-state index in [9.17, 15) is 5.11 Å². The molecule has 2 rings (SSSR count). The van der Waals surface area contributed by atoms with E-state index in [1.807, 2.05) is 24.3 Å². The number of rotatable bonds is 3. The maximum absolute atomic E-state index is 9.74. The van der Waals surface area contributed by atoms with Crippen LogP contribution in [0.5, 0.6) is 0 Å². The van der Waals surface area contributed by atoms with Crippen molar-refractivity contribution in [2.45, 2.75) is 6.10 Å². The molecular weight excluding hydrogens is 192 g/mol. The zero-order valence-corrected chi connectivity index (χ0v) is 8.55. The van der Waals surface area contributed by atoms with Crippen LogP contribution in [0, 0.1) is 0 Å². The Morgan fingerprint density at radius 2 is 2.20 bits per heavy atom. The number of nitrogens with two attached hydrogens (primary N) is 1. The van der Waals surface area contributed by atoms with E-state index >= 15 is 0 Å². The van der Waals surface area contributed by atoms with E-state index in [4.69, 9.17) is 10.6 Å². The van der Waals surface area contributed by atoms with Crippen molar-refractivity contribution in [3.05, 3.63) is 36.0 Å². The van der Waals surface area contributed by atoms with E-state index in [-0.39, 0.29) is 6.54 Å². The van der Waals surface area contributed by atoms with Gasteiger partial charge in [0, 0.05) is 17.5 Å². The number of para-hydroxylation sites is 1. The number of aliphatic hydroxyl groups excluding tert-OH is 1. The van der Waals surface area contributed by atoms with Gasteiger partial charge in [-0.15, -0.1) is 0 Å². The molecule has 4 heteroatoms. The molecule has 80 valence electrons. The number of hydrogen-bond donors (Lipinski definition) is 2. The second-order valence-electron chi connectivity index (χ2n) is 3.36. The van der Waals surface area contributed by atoms with Gasteiger partial charge in [-0.3, -0.25) is 0 Å². The lowest BCUT2D eigenvalue weighted by Gasteiger charge is -2.04. The van der Waals surface area contributed by atoms with Crippen LogP contribution in [0.15, 0.2) is 30.5 Å². The molecule has 0 aliphatic heterocycles. The van der Waals surface area contributed by atoms with Crippen LogP contribution in [-0.2, 0) is 0 Å². The molecule has 0 saturated carbocycles. The van der Waals surface area contributed by atoms with Gasteiger partial charge in [-0.05, 0) is 6.07 Å². The fourth-order valence-corrected chi connectivity index (χ4v) is 1.72. The first-order valence-corrected chi connectivity index (χ1v) is 4.80. The monoisotopic (exact) mass is 206 g/mol. The Hall–Kier alpha value is -1.52. The predicted molar refractivity (Wildman–Crippen MR) is 58.5 cm³/mol. The van der Waals surface area contributed by atoms with Crippen molar-refractivity contribution >= 4 is 10.9 Å². The lowest BCUT2D eigenvalue weighted by Crippen LogP contribution is -2.11. The Morgan fingerprint density at radius 1 is 1.47 bits per heavy atom. The second kappa shape index (κ2) is 3.92. The third-order valence-electron chi connectivity index (χ3n) is 2.49. The summed E-state index contributed by atoms with van der Waals surface area (Å²) in [6.45, 7) is 0.206. The van der Waals surface area contributed by atoms with Crippen molar-refractivity contribution in [2.24, 2.45) is 5.73 Å². The molecule has 0 saturated heterocycles. The maximum atomic E-state index is 9.74. The largest absolute Gasteiger partial charge is 0.417 e. The predicted octanol–water partition coefficient (Wildman–Crippen LogP) is 0.692. The van der Waals surface area contributed by atoms with Gasteiger partial charge in [-0.25, -0.2) is 0 Å². The molecule has 2 aromatic rings. The molecule has 1 unspecified atom stereocenters. The van der Waals surface area contributed by atoms with E-state index in [0.717, 1.165) is 16.5 Å². The minimum atomic E-state index is -0.647. The number of fused-ring (bicyclic) bond motifs is 1. The maximum Gasteiger partial charge on any atom is 0.104 e. The minimum Gasteiger partial charge on any atom is -0.417 e. The van der Waals surface area contributed by atoms with Gasteiger partial charge in [-0.1, -0.05) is 18.2 Å². The summed E-state index contributed by atoms with van der Waals surface area (Å²) in [5.74, 6) is 0. The van der Waals surface area contributed by atoms with Gasteiger partial charge < -0.3 is 15.7 Å². The molecule has 0 spiro atoms. The van der Waals surface area contributed by atoms with Crippen molar-refractivity contribution in [1.29, 1.82) is 0 Å². The number of aliphatic hydroxyl groups is 1. The first-order chi connectivity index (χ1) is 7.27. The standard InChI is InChI=1S/C11H14N2O2/c1-15-13-7-9(11(14)6-12)8-4-2-3-5-10(8)13/h2-5,7,11,14H,6,12H2,1H3. The summed E-state index contributed by atoms with van der Waals surface area (Å²) in [7, 11) is 1.59. The minimum absolute atomic E-state index is 0.206. The van der Waals surface area contributed by atoms with Crippen LogP contribution >= 0.6 is 0 Å². The molecule has 1 atom stereocenters. The average molecular weight is 206 g/mol. The highest BCUT2D eigenvalue weighted by Gasteiger charge is 2.14. The van der Waals surface area contributed by atoms with Gasteiger partial charge in [0.15, 0.2) is 0 Å². The summed E-state index contributed by atoms with van der Waals surface area (Å²) < 4.78 is 1.63. The van der Waals surface area contributed by atoms with Gasteiger partial charge in [0.1, 0.15) is 7.11 Å². The number of aromatic nitrogens is 1. The third-order valence-corrected chi connectivity index (χ3v) is 2.49. The van der Waals surface area contributed by atoms with Crippen LogP contribution in [0.25, 0.3) is 10.9 Å². The SMILES string of the molecule is COn1cc(C(O)CN)c2ccccc21. The van der Waals surface area contributed by atoms with Gasteiger partial charge in [-0.2, -0.15) is 4.73 Å². The lowest BCUT2D eigenvalue weighted by molar-refractivity contribution is 0.168. The Kier molecular flexibility index (Phi) is 2.62. The molecule has 1 aromatic heterocycles. The highest BCUT2D eigenvalue weighted by atomic mass is 16.6. The van der Waals surface area contributed by atoms with Crippen LogP contribution in [0.2, 0.25) is 0 Å². The van der Waals surface area contributed by atoms with Crippen LogP contribution < -0.4 is 10.6 Å². The number of benzene rings is 1. The summed E-state index contributed by atoms with van der Waals surface area (Å²) in [6.07, 6.45) is 1.12. The Labute approximate surface area is 87.8 Å². The van der Waals surface area contributed by atoms with Gasteiger partial charge >= 0.3 is 0 Å². The third kappa shape index (κ3) is 1.58.